The minimum atomic E-state index is -4.19. The van der Waals surface area contributed by atoms with Crippen LogP contribution in [0.5, 0.6) is 5.75 Å². The Labute approximate surface area is 242 Å². The number of hydrogen-bond donors (Lipinski definition) is 0. The van der Waals surface area contributed by atoms with E-state index in [1.54, 1.807) is 60.7 Å². The normalized spacial score (nSPS) is 20.2. The lowest BCUT2D eigenvalue weighted by molar-refractivity contribution is -0.126. The zero-order chi connectivity index (χ0) is 28.8. The van der Waals surface area contributed by atoms with Gasteiger partial charge in [0, 0.05) is 10.9 Å². The Bertz CT molecular complexity index is 1930. The minimum Gasteiger partial charge on any atom is -0.379 e. The Balaban J connectivity index is 1.34. The zero-order valence-corrected chi connectivity index (χ0v) is 22.9. The highest BCUT2D eigenvalue weighted by molar-refractivity contribution is 7.87. The third kappa shape index (κ3) is 4.22. The Hall–Kier alpha value is -4.99. The predicted molar refractivity (Wildman–Crippen MR) is 157 cm³/mol. The Morgan fingerprint density at radius 1 is 0.667 bits per heavy atom. The van der Waals surface area contributed by atoms with Crippen molar-refractivity contribution in [3.63, 3.8) is 0 Å². The lowest BCUT2D eigenvalue weighted by Gasteiger charge is -2.29. The summed E-state index contributed by atoms with van der Waals surface area (Å²) in [5, 5.41) is 3.17. The van der Waals surface area contributed by atoms with Crippen LogP contribution in [0.2, 0.25) is 0 Å². The fourth-order valence-corrected chi connectivity index (χ4v) is 6.70. The van der Waals surface area contributed by atoms with Crippen LogP contribution in [0.3, 0.4) is 0 Å². The lowest BCUT2D eigenvalue weighted by atomic mass is 9.90. The van der Waals surface area contributed by atoms with Gasteiger partial charge in [-0.3, -0.25) is 14.4 Å². The van der Waals surface area contributed by atoms with Gasteiger partial charge in [-0.1, -0.05) is 91.0 Å². The van der Waals surface area contributed by atoms with Crippen LogP contribution in [0, 0.1) is 5.92 Å². The molecular formula is C33H24N2O6S. The molecule has 8 nitrogen and oxygen atoms in total. The maximum Gasteiger partial charge on any atom is 0.339 e. The molecule has 2 fully saturated rings. The first-order valence-electron chi connectivity index (χ1n) is 13.4. The van der Waals surface area contributed by atoms with Gasteiger partial charge in [0.05, 0.1) is 17.4 Å². The maximum atomic E-state index is 14.3. The molecule has 0 unspecified atom stereocenters. The molecule has 0 radical (unpaired) electrons. The summed E-state index contributed by atoms with van der Waals surface area (Å²) in [4.78, 5) is 35.6. The number of amides is 2. The standard InChI is InChI=1S/C33H24N2O6S/c36-32-29-30(26-19-9-10-21-28(26)41-42(38,39)24-16-5-2-6-17-24)35(23-14-3-1-4-15-23)40-31(29)33(37)34(32)27-20-11-13-22-12-7-8-18-25(22)27/h1-21,29-31H/t29-,30+,31-/m1/s1. The third-order valence-corrected chi connectivity index (χ3v) is 8.85. The van der Waals surface area contributed by atoms with Crippen LogP contribution >= 0.6 is 0 Å². The number of anilines is 2. The molecule has 2 aliphatic rings. The quantitative estimate of drug-likeness (QED) is 0.190. The summed E-state index contributed by atoms with van der Waals surface area (Å²) in [7, 11) is -4.19. The van der Waals surface area contributed by atoms with E-state index >= 15 is 0 Å². The number of fused-ring (bicyclic) bond motifs is 2. The van der Waals surface area contributed by atoms with Gasteiger partial charge in [-0.15, -0.1) is 0 Å². The number of imide groups is 1. The molecule has 2 heterocycles. The van der Waals surface area contributed by atoms with E-state index in [9.17, 15) is 18.0 Å². The molecule has 2 amide bonds. The van der Waals surface area contributed by atoms with E-state index in [2.05, 4.69) is 0 Å². The molecule has 7 rings (SSSR count). The van der Waals surface area contributed by atoms with Crippen LogP contribution in [-0.2, 0) is 24.5 Å². The average molecular weight is 577 g/mol. The highest BCUT2D eigenvalue weighted by atomic mass is 32.2. The number of carbonyl (C=O) groups excluding carboxylic acids is 2. The van der Waals surface area contributed by atoms with Crippen molar-refractivity contribution >= 4 is 44.1 Å². The van der Waals surface area contributed by atoms with Gasteiger partial charge < -0.3 is 4.18 Å². The largest absolute Gasteiger partial charge is 0.379 e. The van der Waals surface area contributed by atoms with Crippen molar-refractivity contribution < 1.29 is 27.0 Å². The highest BCUT2D eigenvalue weighted by Crippen LogP contribution is 2.50. The molecule has 2 aliphatic heterocycles. The number of benzene rings is 5. The monoisotopic (exact) mass is 576 g/mol. The predicted octanol–water partition coefficient (Wildman–Crippen LogP) is 5.66. The molecule has 0 aliphatic carbocycles. The average Bonchev–Trinajstić information content (AvgIpc) is 3.53. The van der Waals surface area contributed by atoms with Crippen molar-refractivity contribution in [1.82, 2.24) is 0 Å². The number of para-hydroxylation sites is 2. The van der Waals surface area contributed by atoms with Crippen LogP contribution < -0.4 is 14.1 Å². The second-order valence-electron chi connectivity index (χ2n) is 10.1. The van der Waals surface area contributed by atoms with E-state index in [1.807, 2.05) is 48.5 Å². The topological polar surface area (TPSA) is 93.2 Å². The van der Waals surface area contributed by atoms with Crippen molar-refractivity contribution in [3.8, 4) is 5.75 Å². The minimum absolute atomic E-state index is 0.00508. The van der Waals surface area contributed by atoms with Crippen molar-refractivity contribution in [1.29, 1.82) is 0 Å². The highest BCUT2D eigenvalue weighted by Gasteiger charge is 2.61. The van der Waals surface area contributed by atoms with Gasteiger partial charge in [0.25, 0.3) is 5.91 Å². The molecule has 3 atom stereocenters. The van der Waals surface area contributed by atoms with E-state index in [-0.39, 0.29) is 10.6 Å². The van der Waals surface area contributed by atoms with Crippen molar-refractivity contribution in [3.05, 3.63) is 133 Å². The Morgan fingerprint density at radius 2 is 1.31 bits per heavy atom. The molecule has 2 saturated heterocycles. The van der Waals surface area contributed by atoms with Gasteiger partial charge in [0.2, 0.25) is 5.91 Å². The fourth-order valence-electron chi connectivity index (χ4n) is 5.72. The summed E-state index contributed by atoms with van der Waals surface area (Å²) in [5.74, 6) is -1.85. The summed E-state index contributed by atoms with van der Waals surface area (Å²) in [6.07, 6.45) is -1.12. The molecule has 0 N–H and O–H groups in total. The van der Waals surface area contributed by atoms with Crippen LogP contribution in [0.1, 0.15) is 11.6 Å². The molecule has 5 aromatic rings. The third-order valence-electron chi connectivity index (χ3n) is 7.60. The maximum absolute atomic E-state index is 14.3. The van der Waals surface area contributed by atoms with Gasteiger partial charge in [-0.2, -0.15) is 8.42 Å². The van der Waals surface area contributed by atoms with E-state index < -0.39 is 40.0 Å². The summed E-state index contributed by atoms with van der Waals surface area (Å²) in [6, 6.07) is 35.7. The summed E-state index contributed by atoms with van der Waals surface area (Å²) in [6.45, 7) is 0. The van der Waals surface area contributed by atoms with Crippen LogP contribution in [0.15, 0.2) is 132 Å². The second kappa shape index (κ2) is 10.1. The zero-order valence-electron chi connectivity index (χ0n) is 22.1. The molecule has 0 saturated carbocycles. The Morgan fingerprint density at radius 3 is 2.10 bits per heavy atom. The number of rotatable bonds is 6. The van der Waals surface area contributed by atoms with E-state index in [0.29, 0.717) is 16.9 Å². The van der Waals surface area contributed by atoms with Crippen LogP contribution in [0.4, 0.5) is 11.4 Å². The van der Waals surface area contributed by atoms with E-state index in [0.717, 1.165) is 10.8 Å². The SMILES string of the molecule is O=C1[C@H]2[C@@H](ON(c3ccccc3)[C@H]2c2ccccc2OS(=O)(=O)c2ccccc2)C(=O)N1c1cccc2ccccc12. The first kappa shape index (κ1) is 25.9. The molecule has 0 bridgehead atoms. The number of nitrogens with zero attached hydrogens (tertiary/aromatic N) is 2. The van der Waals surface area contributed by atoms with Gasteiger partial charge in [-0.05, 0) is 41.8 Å². The van der Waals surface area contributed by atoms with E-state index in [1.165, 1.54) is 28.2 Å². The molecule has 0 spiro atoms. The summed E-state index contributed by atoms with van der Waals surface area (Å²) in [5.41, 5.74) is 1.48. The Kier molecular flexibility index (Phi) is 6.26. The number of carbonyl (C=O) groups is 2. The molecule has 0 aromatic heterocycles. The number of hydrogen-bond acceptors (Lipinski definition) is 7. The van der Waals surface area contributed by atoms with E-state index in [4.69, 9.17) is 9.02 Å². The molecular weight excluding hydrogens is 552 g/mol. The molecule has 9 heteroatoms. The second-order valence-corrected chi connectivity index (χ2v) is 11.6. The van der Waals surface area contributed by atoms with Crippen LogP contribution in [0.25, 0.3) is 10.8 Å². The van der Waals surface area contributed by atoms with Crippen LogP contribution in [-0.4, -0.2) is 26.3 Å². The lowest BCUT2D eigenvalue weighted by Crippen LogP contribution is -2.37. The first-order chi connectivity index (χ1) is 20.4. The summed E-state index contributed by atoms with van der Waals surface area (Å²) >= 11 is 0. The van der Waals surface area contributed by atoms with Gasteiger partial charge in [0.1, 0.15) is 16.6 Å². The first-order valence-corrected chi connectivity index (χ1v) is 14.8. The van der Waals surface area contributed by atoms with Gasteiger partial charge in [-0.25, -0.2) is 9.96 Å². The summed E-state index contributed by atoms with van der Waals surface area (Å²) < 4.78 is 32.1. The number of hydroxylamine groups is 1. The van der Waals surface area contributed by atoms with Crippen molar-refractivity contribution in [2.24, 2.45) is 5.92 Å². The fraction of sp³-hybridized carbons (Fsp3) is 0.0909. The molecule has 208 valence electrons. The van der Waals surface area contributed by atoms with Crippen molar-refractivity contribution in [2.45, 2.75) is 17.0 Å². The van der Waals surface area contributed by atoms with Gasteiger partial charge >= 0.3 is 10.1 Å². The van der Waals surface area contributed by atoms with Gasteiger partial charge in [0.15, 0.2) is 6.10 Å². The molecule has 5 aromatic carbocycles. The smallest absolute Gasteiger partial charge is 0.339 e. The molecule has 42 heavy (non-hydrogen) atoms. The van der Waals surface area contributed by atoms with Crippen molar-refractivity contribution in [2.75, 3.05) is 9.96 Å².